The van der Waals surface area contributed by atoms with Crippen molar-refractivity contribution < 1.29 is 0 Å². The van der Waals surface area contributed by atoms with E-state index in [9.17, 15) is 0 Å². The van der Waals surface area contributed by atoms with E-state index < -0.39 is 0 Å². The van der Waals surface area contributed by atoms with E-state index in [2.05, 4.69) is 111 Å². The molecular formula is C36H30. The molecule has 7 aromatic rings. The van der Waals surface area contributed by atoms with Crippen LogP contribution in [0.1, 0.15) is 37.8 Å². The highest BCUT2D eigenvalue weighted by atomic mass is 14.1. The standard InChI is InChI=1S/C36H30/c1-3-5-23-7-13-29-25(19-23)9-17-33-31(29)15-11-27-22-36-28(21-35(27)33)12-16-32-30-14-8-24(6-4-2)20-26(30)10-18-34(32)36/h7-22H,3-6H2,1-2H3. The van der Waals surface area contributed by atoms with Gasteiger partial charge in [-0.15, -0.1) is 0 Å². The Morgan fingerprint density at radius 3 is 1.06 bits per heavy atom. The predicted molar refractivity (Wildman–Crippen MR) is 159 cm³/mol. The summed E-state index contributed by atoms with van der Waals surface area (Å²) < 4.78 is 0. The van der Waals surface area contributed by atoms with Crippen LogP contribution in [-0.2, 0) is 12.8 Å². The molecule has 36 heavy (non-hydrogen) atoms. The molecule has 0 aliphatic carbocycles. The second-order valence-electron chi connectivity index (χ2n) is 10.4. The molecule has 0 heteroatoms. The summed E-state index contributed by atoms with van der Waals surface area (Å²) in [6.07, 6.45) is 4.64. The first-order valence-electron chi connectivity index (χ1n) is 13.4. The molecule has 0 N–H and O–H groups in total. The summed E-state index contributed by atoms with van der Waals surface area (Å²) in [4.78, 5) is 0. The molecule has 0 bridgehead atoms. The summed E-state index contributed by atoms with van der Waals surface area (Å²) in [6.45, 7) is 4.49. The molecule has 0 fully saturated rings. The molecule has 0 aliphatic rings. The Bertz CT molecular complexity index is 1810. The van der Waals surface area contributed by atoms with Crippen LogP contribution < -0.4 is 0 Å². The van der Waals surface area contributed by atoms with Crippen molar-refractivity contribution in [3.63, 3.8) is 0 Å². The number of rotatable bonds is 4. The Morgan fingerprint density at radius 1 is 0.333 bits per heavy atom. The van der Waals surface area contributed by atoms with Gasteiger partial charge in [-0.3, -0.25) is 0 Å². The maximum Gasteiger partial charge on any atom is -0.00987 e. The maximum atomic E-state index is 2.40. The van der Waals surface area contributed by atoms with E-state index >= 15 is 0 Å². The lowest BCUT2D eigenvalue weighted by Crippen LogP contribution is -1.87. The minimum absolute atomic E-state index is 1.14. The van der Waals surface area contributed by atoms with Gasteiger partial charge in [-0.25, -0.2) is 0 Å². The zero-order chi connectivity index (χ0) is 24.2. The van der Waals surface area contributed by atoms with Gasteiger partial charge in [-0.2, -0.15) is 0 Å². The quantitative estimate of drug-likeness (QED) is 0.180. The van der Waals surface area contributed by atoms with Crippen molar-refractivity contribution >= 4 is 64.6 Å². The van der Waals surface area contributed by atoms with Crippen LogP contribution in [0, 0.1) is 0 Å². The van der Waals surface area contributed by atoms with Gasteiger partial charge in [0.25, 0.3) is 0 Å². The average Bonchev–Trinajstić information content (AvgIpc) is 2.91. The van der Waals surface area contributed by atoms with Crippen molar-refractivity contribution in [1.29, 1.82) is 0 Å². The monoisotopic (exact) mass is 462 g/mol. The maximum absolute atomic E-state index is 2.40. The summed E-state index contributed by atoms with van der Waals surface area (Å²) in [5, 5.41) is 16.0. The van der Waals surface area contributed by atoms with Crippen LogP contribution in [0.25, 0.3) is 64.6 Å². The second kappa shape index (κ2) is 8.35. The van der Waals surface area contributed by atoms with Gasteiger partial charge in [0, 0.05) is 0 Å². The Hall–Kier alpha value is -3.90. The van der Waals surface area contributed by atoms with Crippen LogP contribution in [0.4, 0.5) is 0 Å². The fourth-order valence-electron chi connectivity index (χ4n) is 6.25. The lowest BCUT2D eigenvalue weighted by molar-refractivity contribution is 0.924. The van der Waals surface area contributed by atoms with Gasteiger partial charge in [0.15, 0.2) is 0 Å². The molecule has 0 amide bonds. The third-order valence-corrected chi connectivity index (χ3v) is 7.99. The average molecular weight is 463 g/mol. The first-order valence-corrected chi connectivity index (χ1v) is 13.4. The molecule has 0 saturated heterocycles. The van der Waals surface area contributed by atoms with Crippen LogP contribution >= 0.6 is 0 Å². The van der Waals surface area contributed by atoms with Gasteiger partial charge in [-0.05, 0) is 101 Å². The lowest BCUT2D eigenvalue weighted by atomic mass is 9.91. The molecule has 174 valence electrons. The Labute approximate surface area is 212 Å². The molecule has 0 aliphatic heterocycles. The number of hydrogen-bond donors (Lipinski definition) is 0. The fourth-order valence-corrected chi connectivity index (χ4v) is 6.25. The van der Waals surface area contributed by atoms with Crippen molar-refractivity contribution in [3.8, 4) is 0 Å². The largest absolute Gasteiger partial charge is 0.0651 e. The minimum Gasteiger partial charge on any atom is -0.0651 e. The van der Waals surface area contributed by atoms with E-state index in [4.69, 9.17) is 0 Å². The summed E-state index contributed by atoms with van der Waals surface area (Å²) >= 11 is 0. The third kappa shape index (κ3) is 3.28. The Morgan fingerprint density at radius 2 is 0.667 bits per heavy atom. The van der Waals surface area contributed by atoms with Crippen molar-refractivity contribution in [2.45, 2.75) is 39.5 Å². The highest BCUT2D eigenvalue weighted by Gasteiger charge is 2.10. The van der Waals surface area contributed by atoms with Crippen molar-refractivity contribution in [3.05, 3.63) is 108 Å². The Kier molecular flexibility index (Phi) is 4.96. The molecule has 0 aromatic heterocycles. The number of benzene rings is 7. The minimum atomic E-state index is 1.14. The first kappa shape index (κ1) is 21.4. The van der Waals surface area contributed by atoms with Gasteiger partial charge in [0.2, 0.25) is 0 Å². The molecular weight excluding hydrogens is 432 g/mol. The van der Waals surface area contributed by atoms with E-state index in [-0.39, 0.29) is 0 Å². The van der Waals surface area contributed by atoms with E-state index in [0.717, 1.165) is 12.8 Å². The zero-order valence-electron chi connectivity index (χ0n) is 21.1. The number of hydrogen-bond acceptors (Lipinski definition) is 0. The van der Waals surface area contributed by atoms with Crippen LogP contribution in [0.5, 0.6) is 0 Å². The van der Waals surface area contributed by atoms with E-state index in [1.807, 2.05) is 0 Å². The van der Waals surface area contributed by atoms with Gasteiger partial charge < -0.3 is 0 Å². The molecule has 0 spiro atoms. The van der Waals surface area contributed by atoms with E-state index in [0.29, 0.717) is 0 Å². The summed E-state index contributed by atoms with van der Waals surface area (Å²) in [5.74, 6) is 0. The van der Waals surface area contributed by atoms with Gasteiger partial charge in [0.05, 0.1) is 0 Å². The van der Waals surface area contributed by atoms with Crippen LogP contribution in [0.2, 0.25) is 0 Å². The molecule has 0 radical (unpaired) electrons. The highest BCUT2D eigenvalue weighted by molar-refractivity contribution is 6.23. The predicted octanol–water partition coefficient (Wildman–Crippen LogP) is 10.5. The normalized spacial score (nSPS) is 12.1. The topological polar surface area (TPSA) is 0 Å². The van der Waals surface area contributed by atoms with Crippen LogP contribution in [-0.4, -0.2) is 0 Å². The van der Waals surface area contributed by atoms with Crippen LogP contribution in [0.3, 0.4) is 0 Å². The van der Waals surface area contributed by atoms with E-state index in [1.54, 1.807) is 0 Å². The smallest absolute Gasteiger partial charge is 0.00987 e. The van der Waals surface area contributed by atoms with Crippen molar-refractivity contribution in [1.82, 2.24) is 0 Å². The Balaban J connectivity index is 1.46. The van der Waals surface area contributed by atoms with Gasteiger partial charge >= 0.3 is 0 Å². The SMILES string of the molecule is CCCc1ccc2c(ccc3c4cc5ccc6c7ccc(CCC)cc7ccc6c5cc4ccc23)c1. The molecule has 7 aromatic carbocycles. The molecule has 0 saturated carbocycles. The molecule has 0 unspecified atom stereocenters. The summed E-state index contributed by atoms with van der Waals surface area (Å²) in [6, 6.07) is 37.3. The summed E-state index contributed by atoms with van der Waals surface area (Å²) in [7, 11) is 0. The van der Waals surface area contributed by atoms with Crippen molar-refractivity contribution in [2.24, 2.45) is 0 Å². The molecule has 0 atom stereocenters. The number of aryl methyl sites for hydroxylation is 2. The molecule has 0 heterocycles. The first-order chi connectivity index (χ1) is 17.7. The lowest BCUT2D eigenvalue weighted by Gasteiger charge is -2.12. The zero-order valence-corrected chi connectivity index (χ0v) is 21.1. The van der Waals surface area contributed by atoms with Gasteiger partial charge in [-0.1, -0.05) is 112 Å². The van der Waals surface area contributed by atoms with E-state index in [1.165, 1.54) is 88.6 Å². The number of fused-ring (bicyclic) bond motifs is 10. The second-order valence-corrected chi connectivity index (χ2v) is 10.4. The fraction of sp³-hybridized carbons (Fsp3) is 0.167. The summed E-state index contributed by atoms with van der Waals surface area (Å²) in [5.41, 5.74) is 2.86. The molecule has 7 rings (SSSR count). The van der Waals surface area contributed by atoms with Crippen molar-refractivity contribution in [2.75, 3.05) is 0 Å². The highest BCUT2D eigenvalue weighted by Crippen LogP contribution is 2.37. The van der Waals surface area contributed by atoms with Crippen LogP contribution in [0.15, 0.2) is 97.1 Å². The third-order valence-electron chi connectivity index (χ3n) is 7.99. The molecule has 0 nitrogen and oxygen atoms in total. The van der Waals surface area contributed by atoms with Gasteiger partial charge in [0.1, 0.15) is 0 Å².